The maximum absolute atomic E-state index is 5.57. The zero-order valence-electron chi connectivity index (χ0n) is 6.75. The van der Waals surface area contributed by atoms with Gasteiger partial charge in [-0.3, -0.25) is 5.10 Å². The molecule has 0 radical (unpaired) electrons. The number of halogens is 1. The van der Waals surface area contributed by atoms with Gasteiger partial charge in [0.1, 0.15) is 0 Å². The normalized spacial score (nSPS) is 10.6. The Morgan fingerprint density at radius 2 is 2.46 bits per heavy atom. The standard InChI is InChI=1S/C8H8BrN3S/c9-6-1-7(13-4-6)8-5(2-10)3-11-12-8/h1,3-4H,2,10H2,(H,11,12). The summed E-state index contributed by atoms with van der Waals surface area (Å²) in [4.78, 5) is 1.16. The highest BCUT2D eigenvalue weighted by atomic mass is 79.9. The highest BCUT2D eigenvalue weighted by molar-refractivity contribution is 9.10. The van der Waals surface area contributed by atoms with Gasteiger partial charge in [-0.1, -0.05) is 0 Å². The van der Waals surface area contributed by atoms with Crippen molar-refractivity contribution in [3.63, 3.8) is 0 Å². The van der Waals surface area contributed by atoms with Gasteiger partial charge in [-0.2, -0.15) is 5.10 Å². The molecular formula is C8H8BrN3S. The van der Waals surface area contributed by atoms with Gasteiger partial charge in [0.05, 0.1) is 16.8 Å². The van der Waals surface area contributed by atoms with Crippen molar-refractivity contribution in [3.05, 3.63) is 27.7 Å². The van der Waals surface area contributed by atoms with Crippen molar-refractivity contribution < 1.29 is 0 Å². The van der Waals surface area contributed by atoms with E-state index >= 15 is 0 Å². The molecule has 2 aromatic rings. The van der Waals surface area contributed by atoms with Crippen molar-refractivity contribution in [1.29, 1.82) is 0 Å². The average molecular weight is 258 g/mol. The fraction of sp³-hybridized carbons (Fsp3) is 0.125. The lowest BCUT2D eigenvalue weighted by molar-refractivity contribution is 1.08. The highest BCUT2D eigenvalue weighted by Crippen LogP contribution is 2.30. The summed E-state index contributed by atoms with van der Waals surface area (Å²) in [7, 11) is 0. The summed E-state index contributed by atoms with van der Waals surface area (Å²) < 4.78 is 1.09. The van der Waals surface area contributed by atoms with E-state index in [2.05, 4.69) is 32.2 Å². The monoisotopic (exact) mass is 257 g/mol. The number of hydrogen-bond donors (Lipinski definition) is 2. The molecule has 0 atom stereocenters. The number of hydrogen-bond acceptors (Lipinski definition) is 3. The van der Waals surface area contributed by atoms with Crippen LogP contribution in [0.2, 0.25) is 0 Å². The van der Waals surface area contributed by atoms with E-state index in [1.54, 1.807) is 17.5 Å². The first-order valence-electron chi connectivity index (χ1n) is 3.78. The number of nitrogens with one attached hydrogen (secondary N) is 1. The molecule has 2 aromatic heterocycles. The molecule has 0 amide bonds. The lowest BCUT2D eigenvalue weighted by Gasteiger charge is -1.94. The molecule has 2 heterocycles. The maximum atomic E-state index is 5.57. The van der Waals surface area contributed by atoms with E-state index in [0.29, 0.717) is 6.54 Å². The number of aromatic nitrogens is 2. The van der Waals surface area contributed by atoms with Crippen LogP contribution in [0, 0.1) is 0 Å². The third kappa shape index (κ3) is 1.67. The second-order valence-corrected chi connectivity index (χ2v) is 4.43. The fourth-order valence-electron chi connectivity index (χ4n) is 1.12. The van der Waals surface area contributed by atoms with E-state index in [0.717, 1.165) is 20.6 Å². The number of aromatic amines is 1. The average Bonchev–Trinajstić information content (AvgIpc) is 2.71. The number of nitrogens with two attached hydrogens (primary N) is 1. The van der Waals surface area contributed by atoms with Gasteiger partial charge in [-0.05, 0) is 22.0 Å². The third-order valence-corrected chi connectivity index (χ3v) is 3.46. The fourth-order valence-corrected chi connectivity index (χ4v) is 2.58. The molecule has 0 fully saturated rings. The molecule has 0 aliphatic heterocycles. The predicted octanol–water partition coefficient (Wildman–Crippen LogP) is 2.36. The minimum Gasteiger partial charge on any atom is -0.326 e. The predicted molar refractivity (Wildman–Crippen MR) is 57.5 cm³/mol. The first-order valence-corrected chi connectivity index (χ1v) is 5.45. The molecule has 2 rings (SSSR count). The summed E-state index contributed by atoms with van der Waals surface area (Å²) in [5.41, 5.74) is 7.65. The molecule has 0 spiro atoms. The SMILES string of the molecule is NCc1cn[nH]c1-c1cc(Br)cs1. The van der Waals surface area contributed by atoms with Crippen LogP contribution in [-0.4, -0.2) is 10.2 Å². The van der Waals surface area contributed by atoms with Crippen LogP contribution in [0.25, 0.3) is 10.6 Å². The largest absolute Gasteiger partial charge is 0.326 e. The van der Waals surface area contributed by atoms with Gasteiger partial charge in [0, 0.05) is 22.0 Å². The Hall–Kier alpha value is -0.650. The molecule has 5 heteroatoms. The molecule has 0 aliphatic rings. The zero-order chi connectivity index (χ0) is 9.26. The van der Waals surface area contributed by atoms with Crippen LogP contribution in [0.5, 0.6) is 0 Å². The van der Waals surface area contributed by atoms with Gasteiger partial charge in [-0.25, -0.2) is 0 Å². The molecule has 68 valence electrons. The molecular weight excluding hydrogens is 250 g/mol. The van der Waals surface area contributed by atoms with Crippen LogP contribution >= 0.6 is 27.3 Å². The van der Waals surface area contributed by atoms with Crippen molar-refractivity contribution in [2.24, 2.45) is 5.73 Å². The van der Waals surface area contributed by atoms with Crippen molar-refractivity contribution in [3.8, 4) is 10.6 Å². The zero-order valence-corrected chi connectivity index (χ0v) is 9.15. The van der Waals surface area contributed by atoms with E-state index in [1.807, 2.05) is 5.38 Å². The van der Waals surface area contributed by atoms with Crippen LogP contribution in [0.1, 0.15) is 5.56 Å². The molecule has 0 unspecified atom stereocenters. The van der Waals surface area contributed by atoms with Crippen molar-refractivity contribution in [1.82, 2.24) is 10.2 Å². The second kappa shape index (κ2) is 3.61. The van der Waals surface area contributed by atoms with Gasteiger partial charge in [0.25, 0.3) is 0 Å². The van der Waals surface area contributed by atoms with E-state index in [1.165, 1.54) is 0 Å². The smallest absolute Gasteiger partial charge is 0.0795 e. The molecule has 3 N–H and O–H groups in total. The number of rotatable bonds is 2. The number of nitrogens with zero attached hydrogens (tertiary/aromatic N) is 1. The lowest BCUT2D eigenvalue weighted by Crippen LogP contribution is -1.95. The first-order chi connectivity index (χ1) is 6.31. The summed E-state index contributed by atoms with van der Waals surface area (Å²) in [6, 6.07) is 2.05. The van der Waals surface area contributed by atoms with E-state index in [-0.39, 0.29) is 0 Å². The molecule has 0 bridgehead atoms. The van der Waals surface area contributed by atoms with Crippen LogP contribution < -0.4 is 5.73 Å². The summed E-state index contributed by atoms with van der Waals surface area (Å²) in [5, 5.41) is 8.95. The molecule has 0 saturated heterocycles. The molecule has 0 aromatic carbocycles. The highest BCUT2D eigenvalue weighted by Gasteiger charge is 2.07. The molecule has 13 heavy (non-hydrogen) atoms. The Morgan fingerprint density at radius 3 is 3.08 bits per heavy atom. The first kappa shape index (κ1) is 8.93. The minimum absolute atomic E-state index is 0.515. The van der Waals surface area contributed by atoms with Crippen molar-refractivity contribution in [2.45, 2.75) is 6.54 Å². The molecule has 0 aliphatic carbocycles. The van der Waals surface area contributed by atoms with Crippen molar-refractivity contribution in [2.75, 3.05) is 0 Å². The Labute approximate surface area is 88.1 Å². The summed E-state index contributed by atoms with van der Waals surface area (Å²) in [5.74, 6) is 0. The van der Waals surface area contributed by atoms with Gasteiger partial charge >= 0.3 is 0 Å². The second-order valence-electron chi connectivity index (χ2n) is 2.60. The van der Waals surface area contributed by atoms with Gasteiger partial charge in [0.2, 0.25) is 0 Å². The van der Waals surface area contributed by atoms with Crippen LogP contribution in [0.3, 0.4) is 0 Å². The Bertz CT molecular complexity index is 407. The van der Waals surface area contributed by atoms with Gasteiger partial charge in [0.15, 0.2) is 0 Å². The maximum Gasteiger partial charge on any atom is 0.0795 e. The van der Waals surface area contributed by atoms with Crippen LogP contribution in [0.15, 0.2) is 22.1 Å². The van der Waals surface area contributed by atoms with E-state index in [9.17, 15) is 0 Å². The Balaban J connectivity index is 2.45. The Kier molecular flexibility index (Phi) is 2.48. The number of thiophene rings is 1. The van der Waals surface area contributed by atoms with Crippen LogP contribution in [-0.2, 0) is 6.54 Å². The lowest BCUT2D eigenvalue weighted by atomic mass is 10.2. The van der Waals surface area contributed by atoms with Gasteiger partial charge < -0.3 is 5.73 Å². The van der Waals surface area contributed by atoms with E-state index in [4.69, 9.17) is 5.73 Å². The van der Waals surface area contributed by atoms with E-state index < -0.39 is 0 Å². The summed E-state index contributed by atoms with van der Waals surface area (Å²) in [6.45, 7) is 0.515. The quantitative estimate of drug-likeness (QED) is 0.868. The number of H-pyrrole nitrogens is 1. The molecule has 0 saturated carbocycles. The Morgan fingerprint density at radius 1 is 1.62 bits per heavy atom. The topological polar surface area (TPSA) is 54.7 Å². The third-order valence-electron chi connectivity index (χ3n) is 1.75. The summed E-state index contributed by atoms with van der Waals surface area (Å²) >= 11 is 5.07. The van der Waals surface area contributed by atoms with Crippen molar-refractivity contribution >= 4 is 27.3 Å². The van der Waals surface area contributed by atoms with Gasteiger partial charge in [-0.15, -0.1) is 11.3 Å². The molecule has 3 nitrogen and oxygen atoms in total. The van der Waals surface area contributed by atoms with Crippen LogP contribution in [0.4, 0.5) is 0 Å². The minimum atomic E-state index is 0.515. The summed E-state index contributed by atoms with van der Waals surface area (Å²) in [6.07, 6.45) is 1.77.